The fraction of sp³-hybridized carbons (Fsp3) is 0.304. The van der Waals surface area contributed by atoms with Gasteiger partial charge in [-0.05, 0) is 55.3 Å². The van der Waals surface area contributed by atoms with Crippen molar-refractivity contribution in [2.45, 2.75) is 20.4 Å². The van der Waals surface area contributed by atoms with Gasteiger partial charge in [-0.3, -0.25) is 4.79 Å². The van der Waals surface area contributed by atoms with Crippen LogP contribution in [0.5, 0.6) is 0 Å². The van der Waals surface area contributed by atoms with Crippen LogP contribution < -0.4 is 4.90 Å². The number of H-pyrrole nitrogens is 1. The van der Waals surface area contributed by atoms with Crippen molar-refractivity contribution in [2.24, 2.45) is 0 Å². The van der Waals surface area contributed by atoms with Gasteiger partial charge in [0.15, 0.2) is 6.61 Å². The van der Waals surface area contributed by atoms with E-state index >= 15 is 0 Å². The summed E-state index contributed by atoms with van der Waals surface area (Å²) in [7, 11) is 5.67. The van der Waals surface area contributed by atoms with E-state index in [4.69, 9.17) is 4.74 Å². The minimum atomic E-state index is -0.498. The monoisotopic (exact) mass is 393 g/mol. The summed E-state index contributed by atoms with van der Waals surface area (Å²) in [4.78, 5) is 31.6. The summed E-state index contributed by atoms with van der Waals surface area (Å²) in [6.45, 7) is 4.18. The molecule has 29 heavy (non-hydrogen) atoms. The maximum Gasteiger partial charge on any atom is 0.338 e. The zero-order chi connectivity index (χ0) is 21.1. The molecule has 0 radical (unpaired) electrons. The highest BCUT2D eigenvalue weighted by molar-refractivity contribution is 5.96. The van der Waals surface area contributed by atoms with E-state index in [1.54, 1.807) is 24.1 Å². The predicted molar refractivity (Wildman–Crippen MR) is 115 cm³/mol. The average Bonchev–Trinajstić information content (AvgIpc) is 2.99. The van der Waals surface area contributed by atoms with Crippen molar-refractivity contribution in [3.8, 4) is 0 Å². The van der Waals surface area contributed by atoms with E-state index in [0.717, 1.165) is 33.4 Å². The number of likely N-dealkylation sites (N-methyl/N-ethyl adjacent to an activating group) is 1. The number of carbonyl (C=O) groups is 2. The zero-order valence-corrected chi connectivity index (χ0v) is 17.6. The van der Waals surface area contributed by atoms with Crippen LogP contribution in [0.25, 0.3) is 10.9 Å². The second kappa shape index (κ2) is 8.39. The third-order valence-electron chi connectivity index (χ3n) is 5.17. The summed E-state index contributed by atoms with van der Waals surface area (Å²) >= 11 is 0. The molecule has 0 unspecified atom stereocenters. The Morgan fingerprint density at radius 2 is 1.69 bits per heavy atom. The molecule has 1 amide bonds. The summed E-state index contributed by atoms with van der Waals surface area (Å²) in [6.07, 6.45) is 0. The first-order valence-electron chi connectivity index (χ1n) is 9.52. The summed E-state index contributed by atoms with van der Waals surface area (Å²) in [5.74, 6) is -0.743. The van der Waals surface area contributed by atoms with E-state index in [-0.39, 0.29) is 12.5 Å². The Kier molecular flexibility index (Phi) is 5.92. The number of carbonyl (C=O) groups excluding carboxylic acids is 2. The van der Waals surface area contributed by atoms with Gasteiger partial charge in [0, 0.05) is 50.0 Å². The molecule has 3 rings (SSSR count). The first-order valence-corrected chi connectivity index (χ1v) is 9.52. The van der Waals surface area contributed by atoms with E-state index in [1.807, 2.05) is 63.2 Å². The third kappa shape index (κ3) is 4.59. The number of rotatable bonds is 6. The fourth-order valence-corrected chi connectivity index (χ4v) is 3.17. The van der Waals surface area contributed by atoms with Crippen molar-refractivity contribution >= 4 is 28.5 Å². The van der Waals surface area contributed by atoms with Gasteiger partial charge in [0.2, 0.25) is 0 Å². The largest absolute Gasteiger partial charge is 0.452 e. The van der Waals surface area contributed by atoms with Crippen LogP contribution in [0.3, 0.4) is 0 Å². The highest BCUT2D eigenvalue weighted by Gasteiger charge is 2.15. The molecule has 1 aromatic heterocycles. The minimum absolute atomic E-state index is 0.246. The van der Waals surface area contributed by atoms with Crippen LogP contribution in [0, 0.1) is 13.8 Å². The topological polar surface area (TPSA) is 65.6 Å². The van der Waals surface area contributed by atoms with Crippen molar-refractivity contribution in [1.82, 2.24) is 9.88 Å². The lowest BCUT2D eigenvalue weighted by atomic mass is 10.1. The highest BCUT2D eigenvalue weighted by Crippen LogP contribution is 2.22. The molecule has 0 atom stereocenters. The van der Waals surface area contributed by atoms with E-state index < -0.39 is 5.97 Å². The van der Waals surface area contributed by atoms with Crippen LogP contribution in [0.15, 0.2) is 42.5 Å². The van der Waals surface area contributed by atoms with Gasteiger partial charge in [0.05, 0.1) is 5.56 Å². The molecule has 1 heterocycles. The van der Waals surface area contributed by atoms with Crippen LogP contribution in [-0.2, 0) is 16.1 Å². The van der Waals surface area contributed by atoms with Crippen LogP contribution in [-0.4, -0.2) is 49.5 Å². The Bertz CT molecular complexity index is 1040. The van der Waals surface area contributed by atoms with Crippen LogP contribution in [0.4, 0.5) is 5.69 Å². The number of hydrogen-bond acceptors (Lipinski definition) is 4. The van der Waals surface area contributed by atoms with E-state index in [9.17, 15) is 9.59 Å². The van der Waals surface area contributed by atoms with E-state index in [1.165, 1.54) is 0 Å². The van der Waals surface area contributed by atoms with Gasteiger partial charge in [-0.1, -0.05) is 12.1 Å². The van der Waals surface area contributed by atoms with Gasteiger partial charge in [0.1, 0.15) is 0 Å². The number of amides is 1. The fourth-order valence-electron chi connectivity index (χ4n) is 3.17. The minimum Gasteiger partial charge on any atom is -0.452 e. The molecule has 1 N–H and O–H groups in total. The number of aryl methyl sites for hydroxylation is 2. The number of ether oxygens (including phenoxy) is 1. The Morgan fingerprint density at radius 1 is 1.00 bits per heavy atom. The summed E-state index contributed by atoms with van der Waals surface area (Å²) < 4.78 is 5.25. The highest BCUT2D eigenvalue weighted by atomic mass is 16.5. The predicted octanol–water partition coefficient (Wildman–Crippen LogP) is 3.67. The Balaban J connectivity index is 1.58. The lowest BCUT2D eigenvalue weighted by Crippen LogP contribution is -2.30. The first kappa shape index (κ1) is 20.5. The smallest absolute Gasteiger partial charge is 0.338 e. The molecule has 0 saturated carbocycles. The van der Waals surface area contributed by atoms with Crippen LogP contribution in [0.2, 0.25) is 0 Å². The van der Waals surface area contributed by atoms with Crippen LogP contribution >= 0.6 is 0 Å². The summed E-state index contributed by atoms with van der Waals surface area (Å²) in [5, 5.41) is 0.988. The van der Waals surface area contributed by atoms with E-state index in [2.05, 4.69) is 4.98 Å². The molecule has 0 aliphatic carbocycles. The molecule has 6 heteroatoms. The number of nitrogens with one attached hydrogen (secondary N) is 1. The quantitative estimate of drug-likeness (QED) is 0.649. The van der Waals surface area contributed by atoms with Crippen molar-refractivity contribution in [3.63, 3.8) is 0 Å². The number of fused-ring (bicyclic) bond motifs is 1. The number of esters is 1. The van der Waals surface area contributed by atoms with Crippen molar-refractivity contribution in [3.05, 3.63) is 64.8 Å². The first-order chi connectivity index (χ1) is 13.8. The molecule has 0 bridgehead atoms. The second-order valence-electron chi connectivity index (χ2n) is 7.52. The van der Waals surface area contributed by atoms with Gasteiger partial charge in [-0.2, -0.15) is 0 Å². The standard InChI is InChI=1S/C23H27N3O3/c1-15-16(2)24-21-11-8-18(12-20(15)21)23(28)29-14-22(27)26(5)13-17-6-9-19(10-7-17)25(3)4/h6-12,24H,13-14H2,1-5H3. The van der Waals surface area contributed by atoms with Gasteiger partial charge >= 0.3 is 5.97 Å². The van der Waals surface area contributed by atoms with Crippen molar-refractivity contribution < 1.29 is 14.3 Å². The van der Waals surface area contributed by atoms with Gasteiger partial charge in [-0.25, -0.2) is 4.79 Å². The molecule has 152 valence electrons. The Morgan fingerprint density at radius 3 is 2.34 bits per heavy atom. The molecule has 0 fully saturated rings. The van der Waals surface area contributed by atoms with Gasteiger partial charge < -0.3 is 19.5 Å². The van der Waals surface area contributed by atoms with E-state index in [0.29, 0.717) is 12.1 Å². The lowest BCUT2D eigenvalue weighted by molar-refractivity contribution is -0.133. The van der Waals surface area contributed by atoms with Crippen molar-refractivity contribution in [2.75, 3.05) is 32.6 Å². The Labute approximate surface area is 171 Å². The molecule has 0 spiro atoms. The van der Waals surface area contributed by atoms with Crippen molar-refractivity contribution in [1.29, 1.82) is 0 Å². The molecule has 0 aliphatic heterocycles. The third-order valence-corrected chi connectivity index (χ3v) is 5.17. The van der Waals surface area contributed by atoms with Gasteiger partial charge in [0.25, 0.3) is 5.91 Å². The number of aromatic amines is 1. The molecule has 2 aromatic carbocycles. The second-order valence-corrected chi connectivity index (χ2v) is 7.52. The molecule has 0 saturated heterocycles. The number of anilines is 1. The normalized spacial score (nSPS) is 10.8. The maximum absolute atomic E-state index is 12.4. The van der Waals surface area contributed by atoms with Crippen LogP contribution in [0.1, 0.15) is 27.2 Å². The number of hydrogen-bond donors (Lipinski definition) is 1. The Hall–Kier alpha value is -3.28. The number of benzene rings is 2. The summed E-state index contributed by atoms with van der Waals surface area (Å²) in [5.41, 5.74) is 5.71. The molecule has 0 aliphatic rings. The molecule has 6 nitrogen and oxygen atoms in total. The number of nitrogens with zero attached hydrogens (tertiary/aromatic N) is 2. The van der Waals surface area contributed by atoms with Gasteiger partial charge in [-0.15, -0.1) is 0 Å². The zero-order valence-electron chi connectivity index (χ0n) is 17.6. The average molecular weight is 393 g/mol. The number of aromatic nitrogens is 1. The molecular formula is C23H27N3O3. The summed E-state index contributed by atoms with van der Waals surface area (Å²) in [6, 6.07) is 13.4. The maximum atomic E-state index is 12.4. The lowest BCUT2D eigenvalue weighted by Gasteiger charge is -2.18. The SMILES string of the molecule is Cc1[nH]c2ccc(C(=O)OCC(=O)N(C)Cc3ccc(N(C)C)cc3)cc2c1C. The molecule has 3 aromatic rings. The molecular weight excluding hydrogens is 366 g/mol.